The summed E-state index contributed by atoms with van der Waals surface area (Å²) in [5, 5.41) is 3.54. The van der Waals surface area contributed by atoms with Crippen LogP contribution in [0, 0.1) is 0 Å². The van der Waals surface area contributed by atoms with Crippen LogP contribution in [0.5, 0.6) is 0 Å². The highest BCUT2D eigenvalue weighted by molar-refractivity contribution is 6.02. The Kier molecular flexibility index (Phi) is 4.80. The lowest BCUT2D eigenvalue weighted by Crippen LogP contribution is -2.41. The molecule has 1 aliphatic rings. The smallest absolute Gasteiger partial charge is 0.325 e. The van der Waals surface area contributed by atoms with Crippen LogP contribution >= 0.6 is 0 Å². The van der Waals surface area contributed by atoms with Crippen LogP contribution in [0.1, 0.15) is 27.5 Å². The second-order valence-corrected chi connectivity index (χ2v) is 6.99. The van der Waals surface area contributed by atoms with E-state index in [0.29, 0.717) is 5.56 Å². The second kappa shape index (κ2) is 7.43. The van der Waals surface area contributed by atoms with Crippen molar-refractivity contribution < 1.29 is 19.1 Å². The Morgan fingerprint density at radius 1 is 1.07 bits per heavy atom. The number of methoxy groups -OCH3 is 1. The number of amides is 2. The number of carbonyl (C=O) groups is 3. The first-order valence-electron chi connectivity index (χ1n) is 9.28. The van der Waals surface area contributed by atoms with Gasteiger partial charge >= 0.3 is 5.97 Å². The van der Waals surface area contributed by atoms with Gasteiger partial charge in [0.25, 0.3) is 5.91 Å². The first kappa shape index (κ1) is 18.7. The van der Waals surface area contributed by atoms with E-state index in [1.54, 1.807) is 11.0 Å². The molecule has 0 aliphatic carbocycles. The minimum absolute atomic E-state index is 0.154. The van der Waals surface area contributed by atoms with E-state index in [1.807, 2.05) is 60.3 Å². The molecule has 0 saturated carbocycles. The van der Waals surface area contributed by atoms with Crippen molar-refractivity contribution in [3.63, 3.8) is 0 Å². The highest BCUT2D eigenvalue weighted by atomic mass is 16.5. The summed E-state index contributed by atoms with van der Waals surface area (Å²) in [6, 6.07) is 15.0. The third kappa shape index (κ3) is 3.24. The van der Waals surface area contributed by atoms with Crippen LogP contribution in [-0.4, -0.2) is 47.4 Å². The average Bonchev–Trinajstić information content (AvgIpc) is 3.21. The lowest BCUT2D eigenvalue weighted by molar-refractivity contribution is -0.141. The predicted octanol–water partition coefficient (Wildman–Crippen LogP) is 2.01. The zero-order chi connectivity index (χ0) is 20.5. The van der Waals surface area contributed by atoms with Gasteiger partial charge in [0.15, 0.2) is 0 Å². The maximum absolute atomic E-state index is 13.1. The van der Waals surface area contributed by atoms with Gasteiger partial charge in [0.1, 0.15) is 13.1 Å². The monoisotopic (exact) mass is 391 g/mol. The summed E-state index contributed by atoms with van der Waals surface area (Å²) in [5.74, 6) is -1.16. The molecule has 148 valence electrons. The van der Waals surface area contributed by atoms with Gasteiger partial charge in [-0.1, -0.05) is 36.4 Å². The molecule has 1 N–H and O–H groups in total. The number of para-hydroxylation sites is 1. The van der Waals surface area contributed by atoms with Crippen LogP contribution in [0.15, 0.2) is 54.7 Å². The molecule has 2 heterocycles. The number of ether oxygens (including phenoxy) is 1. The molecule has 0 saturated heterocycles. The Morgan fingerprint density at radius 3 is 2.59 bits per heavy atom. The van der Waals surface area contributed by atoms with E-state index < -0.39 is 11.9 Å². The molecule has 2 aromatic carbocycles. The summed E-state index contributed by atoms with van der Waals surface area (Å²) in [4.78, 5) is 38.4. The fraction of sp³-hybridized carbons (Fsp3) is 0.227. The summed E-state index contributed by atoms with van der Waals surface area (Å²) in [7, 11) is 3.22. The largest absolute Gasteiger partial charge is 0.468 e. The summed E-state index contributed by atoms with van der Waals surface area (Å²) in [6.45, 7) is -0.387. The van der Waals surface area contributed by atoms with Crippen molar-refractivity contribution in [3.05, 3.63) is 71.4 Å². The number of esters is 1. The van der Waals surface area contributed by atoms with Gasteiger partial charge in [-0.3, -0.25) is 14.4 Å². The van der Waals surface area contributed by atoms with Gasteiger partial charge < -0.3 is 19.5 Å². The van der Waals surface area contributed by atoms with Gasteiger partial charge in [-0.2, -0.15) is 0 Å². The molecular weight excluding hydrogens is 370 g/mol. The van der Waals surface area contributed by atoms with E-state index in [9.17, 15) is 14.4 Å². The Labute approximate surface area is 167 Å². The summed E-state index contributed by atoms with van der Waals surface area (Å²) in [6.07, 6.45) is 2.00. The topological polar surface area (TPSA) is 80.6 Å². The van der Waals surface area contributed by atoms with E-state index in [2.05, 4.69) is 10.1 Å². The SMILES string of the molecule is COC(=O)CNC(=O)CN1C(=O)c2ccccc2[C@@H]1c1cn(C)c2ccccc12. The number of carbonyl (C=O) groups excluding carboxylic acids is 3. The molecule has 7 heteroatoms. The van der Waals surface area contributed by atoms with E-state index in [0.717, 1.165) is 22.0 Å². The Bertz CT molecular complexity index is 1120. The van der Waals surface area contributed by atoms with Crippen molar-refractivity contribution in [3.8, 4) is 0 Å². The van der Waals surface area contributed by atoms with Crippen molar-refractivity contribution >= 4 is 28.7 Å². The maximum atomic E-state index is 13.1. The lowest BCUT2D eigenvalue weighted by atomic mass is 9.97. The number of aryl methyl sites for hydroxylation is 1. The molecule has 3 aromatic rings. The molecule has 1 aromatic heterocycles. The van der Waals surface area contributed by atoms with Crippen molar-refractivity contribution in [1.82, 2.24) is 14.8 Å². The molecule has 0 bridgehead atoms. The van der Waals surface area contributed by atoms with Gasteiger partial charge in [-0.05, 0) is 17.7 Å². The fourth-order valence-electron chi connectivity index (χ4n) is 3.91. The standard InChI is InChI=1S/C22H21N3O4/c1-24-12-17(14-7-5-6-10-18(14)24)21-15-8-3-4-9-16(15)22(28)25(21)13-19(26)23-11-20(27)29-2/h3-10,12,21H,11,13H2,1-2H3,(H,23,26)/t21-/m1/s1. The van der Waals surface area contributed by atoms with Crippen LogP contribution in [0.3, 0.4) is 0 Å². The van der Waals surface area contributed by atoms with E-state index in [1.165, 1.54) is 7.11 Å². The Morgan fingerprint density at radius 2 is 1.79 bits per heavy atom. The van der Waals surface area contributed by atoms with Crippen LogP contribution in [0.2, 0.25) is 0 Å². The van der Waals surface area contributed by atoms with Crippen molar-refractivity contribution in [2.24, 2.45) is 7.05 Å². The normalized spacial score (nSPS) is 15.4. The molecule has 0 unspecified atom stereocenters. The summed E-state index contributed by atoms with van der Waals surface area (Å²) < 4.78 is 6.57. The Hall–Kier alpha value is -3.61. The van der Waals surface area contributed by atoms with Crippen LogP contribution in [0.25, 0.3) is 10.9 Å². The second-order valence-electron chi connectivity index (χ2n) is 6.99. The molecule has 7 nitrogen and oxygen atoms in total. The number of nitrogens with zero attached hydrogens (tertiary/aromatic N) is 2. The quantitative estimate of drug-likeness (QED) is 0.675. The third-order valence-corrected chi connectivity index (χ3v) is 5.25. The molecule has 29 heavy (non-hydrogen) atoms. The van der Waals surface area contributed by atoms with Crippen molar-refractivity contribution in [2.75, 3.05) is 20.2 Å². The number of aromatic nitrogens is 1. The first-order valence-corrected chi connectivity index (χ1v) is 9.28. The number of hydrogen-bond acceptors (Lipinski definition) is 4. The highest BCUT2D eigenvalue weighted by Crippen LogP contribution is 2.41. The molecule has 0 radical (unpaired) electrons. The highest BCUT2D eigenvalue weighted by Gasteiger charge is 2.39. The van der Waals surface area contributed by atoms with Crippen LogP contribution in [-0.2, 0) is 21.4 Å². The van der Waals surface area contributed by atoms with Crippen LogP contribution < -0.4 is 5.32 Å². The summed E-state index contributed by atoms with van der Waals surface area (Å²) in [5.41, 5.74) is 3.47. The van der Waals surface area contributed by atoms with Gasteiger partial charge in [0, 0.05) is 35.3 Å². The minimum atomic E-state index is -0.542. The Balaban J connectivity index is 1.73. The third-order valence-electron chi connectivity index (χ3n) is 5.25. The number of benzene rings is 2. The molecule has 4 rings (SSSR count). The van der Waals surface area contributed by atoms with E-state index >= 15 is 0 Å². The predicted molar refractivity (Wildman–Crippen MR) is 107 cm³/mol. The zero-order valence-corrected chi connectivity index (χ0v) is 16.2. The molecule has 0 fully saturated rings. The summed E-state index contributed by atoms with van der Waals surface area (Å²) >= 11 is 0. The molecule has 0 spiro atoms. The number of rotatable bonds is 5. The fourth-order valence-corrected chi connectivity index (χ4v) is 3.91. The number of fused-ring (bicyclic) bond motifs is 2. The zero-order valence-electron chi connectivity index (χ0n) is 16.2. The lowest BCUT2D eigenvalue weighted by Gasteiger charge is -2.25. The first-order chi connectivity index (χ1) is 14.0. The minimum Gasteiger partial charge on any atom is -0.468 e. The van der Waals surface area contributed by atoms with Crippen molar-refractivity contribution in [2.45, 2.75) is 6.04 Å². The molecule has 1 aliphatic heterocycles. The molecular formula is C22H21N3O4. The van der Waals surface area contributed by atoms with E-state index in [-0.39, 0.29) is 25.0 Å². The van der Waals surface area contributed by atoms with Crippen molar-refractivity contribution in [1.29, 1.82) is 0 Å². The van der Waals surface area contributed by atoms with Crippen LogP contribution in [0.4, 0.5) is 0 Å². The molecule has 1 atom stereocenters. The molecule has 2 amide bonds. The van der Waals surface area contributed by atoms with E-state index in [4.69, 9.17) is 0 Å². The van der Waals surface area contributed by atoms with Gasteiger partial charge in [0.2, 0.25) is 5.91 Å². The number of hydrogen-bond donors (Lipinski definition) is 1. The average molecular weight is 391 g/mol. The maximum Gasteiger partial charge on any atom is 0.325 e. The van der Waals surface area contributed by atoms with Gasteiger partial charge in [0.05, 0.1) is 13.2 Å². The number of nitrogens with one attached hydrogen (secondary N) is 1. The van der Waals surface area contributed by atoms with Gasteiger partial charge in [-0.15, -0.1) is 0 Å². The van der Waals surface area contributed by atoms with Gasteiger partial charge in [-0.25, -0.2) is 0 Å².